The average Bonchev–Trinajstić information content (AvgIpc) is 2.54. The van der Waals surface area contributed by atoms with Gasteiger partial charge in [0, 0.05) is 30.1 Å². The van der Waals surface area contributed by atoms with Gasteiger partial charge in [-0.25, -0.2) is 0 Å². The standard InChI is InChI=1S/C16H22N2O5/c1-18(5-6-19)9-10-7-11-12(17-16(10)20)8-13(21-2)15(23-4)14(11)22-3/h7-8,19H,5-6,9H2,1-4H3,(H,17,20). The fraction of sp³-hybridized carbons (Fsp3) is 0.438. The summed E-state index contributed by atoms with van der Waals surface area (Å²) in [5.41, 5.74) is 1.01. The number of hydrogen-bond donors (Lipinski definition) is 2. The fourth-order valence-corrected chi connectivity index (χ4v) is 2.53. The molecule has 0 aliphatic heterocycles. The van der Waals surface area contributed by atoms with Crippen molar-refractivity contribution in [1.82, 2.24) is 9.88 Å². The van der Waals surface area contributed by atoms with Crippen molar-refractivity contribution in [3.63, 3.8) is 0 Å². The van der Waals surface area contributed by atoms with E-state index in [2.05, 4.69) is 4.98 Å². The molecular weight excluding hydrogens is 300 g/mol. The number of ether oxygens (including phenoxy) is 3. The Hall–Kier alpha value is -2.25. The van der Waals surface area contributed by atoms with Crippen LogP contribution in [0, 0.1) is 0 Å². The topological polar surface area (TPSA) is 84.0 Å². The molecule has 1 aromatic heterocycles. The van der Waals surface area contributed by atoms with Crippen LogP contribution in [0.5, 0.6) is 17.2 Å². The van der Waals surface area contributed by atoms with Crippen LogP contribution in [0.3, 0.4) is 0 Å². The summed E-state index contributed by atoms with van der Waals surface area (Å²) < 4.78 is 16.1. The normalized spacial score (nSPS) is 11.0. The lowest BCUT2D eigenvalue weighted by Gasteiger charge is -2.17. The molecule has 2 N–H and O–H groups in total. The molecule has 0 aliphatic rings. The smallest absolute Gasteiger partial charge is 0.252 e. The van der Waals surface area contributed by atoms with Crippen LogP contribution in [-0.2, 0) is 6.54 Å². The molecule has 23 heavy (non-hydrogen) atoms. The number of fused-ring (bicyclic) bond motifs is 1. The van der Waals surface area contributed by atoms with E-state index in [0.29, 0.717) is 41.4 Å². The highest BCUT2D eigenvalue weighted by atomic mass is 16.5. The Morgan fingerprint density at radius 1 is 1.13 bits per heavy atom. The maximum absolute atomic E-state index is 12.3. The second-order valence-electron chi connectivity index (χ2n) is 5.19. The minimum atomic E-state index is -0.184. The third kappa shape index (κ3) is 3.40. The molecule has 0 saturated heterocycles. The number of aromatic nitrogens is 1. The number of pyridine rings is 1. The molecule has 0 aliphatic carbocycles. The maximum Gasteiger partial charge on any atom is 0.252 e. The monoisotopic (exact) mass is 322 g/mol. The molecule has 0 radical (unpaired) electrons. The van der Waals surface area contributed by atoms with Crippen molar-refractivity contribution < 1.29 is 19.3 Å². The molecule has 0 saturated carbocycles. The number of nitrogens with one attached hydrogen (secondary N) is 1. The number of hydrogen-bond acceptors (Lipinski definition) is 6. The quantitative estimate of drug-likeness (QED) is 0.790. The van der Waals surface area contributed by atoms with E-state index in [4.69, 9.17) is 19.3 Å². The molecule has 126 valence electrons. The first kappa shape index (κ1) is 17.1. The summed E-state index contributed by atoms with van der Waals surface area (Å²) in [6.07, 6.45) is 0. The summed E-state index contributed by atoms with van der Waals surface area (Å²) >= 11 is 0. The van der Waals surface area contributed by atoms with E-state index in [1.807, 2.05) is 11.9 Å². The lowest BCUT2D eigenvalue weighted by atomic mass is 10.1. The Morgan fingerprint density at radius 3 is 2.39 bits per heavy atom. The molecule has 2 aromatic rings. The third-order valence-electron chi connectivity index (χ3n) is 3.65. The highest BCUT2D eigenvalue weighted by Gasteiger charge is 2.18. The summed E-state index contributed by atoms with van der Waals surface area (Å²) in [6.45, 7) is 0.945. The molecule has 7 nitrogen and oxygen atoms in total. The van der Waals surface area contributed by atoms with Crippen molar-refractivity contribution in [3.05, 3.63) is 28.0 Å². The number of aliphatic hydroxyl groups excluding tert-OH is 1. The van der Waals surface area contributed by atoms with Crippen molar-refractivity contribution in [2.24, 2.45) is 0 Å². The molecule has 0 spiro atoms. The van der Waals surface area contributed by atoms with Crippen molar-refractivity contribution in [2.45, 2.75) is 6.54 Å². The van der Waals surface area contributed by atoms with E-state index in [0.717, 1.165) is 5.39 Å². The van der Waals surface area contributed by atoms with Gasteiger partial charge >= 0.3 is 0 Å². The number of nitrogens with zero attached hydrogens (tertiary/aromatic N) is 1. The van der Waals surface area contributed by atoms with Gasteiger partial charge in [-0.2, -0.15) is 0 Å². The van der Waals surface area contributed by atoms with Crippen LogP contribution in [0.25, 0.3) is 10.9 Å². The van der Waals surface area contributed by atoms with Crippen LogP contribution < -0.4 is 19.8 Å². The van der Waals surface area contributed by atoms with Crippen LogP contribution in [0.15, 0.2) is 16.9 Å². The number of aliphatic hydroxyl groups is 1. The Bertz CT molecular complexity index is 741. The maximum atomic E-state index is 12.3. The zero-order valence-electron chi connectivity index (χ0n) is 13.8. The van der Waals surface area contributed by atoms with E-state index in [-0.39, 0.29) is 12.2 Å². The molecule has 0 fully saturated rings. The number of methoxy groups -OCH3 is 3. The molecule has 1 heterocycles. The van der Waals surface area contributed by atoms with Gasteiger partial charge in [-0.05, 0) is 13.1 Å². The van der Waals surface area contributed by atoms with Crippen molar-refractivity contribution in [1.29, 1.82) is 0 Å². The van der Waals surface area contributed by atoms with Crippen molar-refractivity contribution >= 4 is 10.9 Å². The summed E-state index contributed by atoms with van der Waals surface area (Å²) in [6, 6.07) is 3.49. The number of aromatic amines is 1. The predicted molar refractivity (Wildman–Crippen MR) is 87.6 cm³/mol. The molecule has 0 unspecified atom stereocenters. The van der Waals surface area contributed by atoms with Gasteiger partial charge in [-0.3, -0.25) is 9.69 Å². The zero-order chi connectivity index (χ0) is 17.0. The fourth-order valence-electron chi connectivity index (χ4n) is 2.53. The summed E-state index contributed by atoms with van der Waals surface area (Å²) in [5.74, 6) is 1.46. The first-order valence-electron chi connectivity index (χ1n) is 7.20. The lowest BCUT2D eigenvalue weighted by molar-refractivity contribution is 0.217. The van der Waals surface area contributed by atoms with E-state index >= 15 is 0 Å². The molecule has 1 aromatic carbocycles. The van der Waals surface area contributed by atoms with Gasteiger partial charge in [0.1, 0.15) is 0 Å². The predicted octanol–water partition coefficient (Wildman–Crippen LogP) is 0.978. The van der Waals surface area contributed by atoms with Crippen molar-refractivity contribution in [2.75, 3.05) is 41.5 Å². The Morgan fingerprint density at radius 2 is 1.83 bits per heavy atom. The van der Waals surface area contributed by atoms with E-state index < -0.39 is 0 Å². The molecule has 2 rings (SSSR count). The van der Waals surface area contributed by atoms with Gasteiger partial charge in [-0.1, -0.05) is 0 Å². The SMILES string of the molecule is COc1cc2[nH]c(=O)c(CN(C)CCO)cc2c(OC)c1OC. The minimum absolute atomic E-state index is 0.0380. The molecule has 7 heteroatoms. The second kappa shape index (κ2) is 7.34. The number of rotatable bonds is 7. The van der Waals surface area contributed by atoms with Gasteiger partial charge in [0.25, 0.3) is 5.56 Å². The highest BCUT2D eigenvalue weighted by molar-refractivity contribution is 5.90. The van der Waals surface area contributed by atoms with Crippen LogP contribution >= 0.6 is 0 Å². The molecule has 0 atom stereocenters. The zero-order valence-corrected chi connectivity index (χ0v) is 13.8. The lowest BCUT2D eigenvalue weighted by Crippen LogP contribution is -2.25. The van der Waals surface area contributed by atoms with Crippen LogP contribution in [0.4, 0.5) is 0 Å². The summed E-state index contributed by atoms with van der Waals surface area (Å²) in [7, 11) is 6.44. The minimum Gasteiger partial charge on any atom is -0.493 e. The Balaban J connectivity index is 2.62. The first-order chi connectivity index (χ1) is 11.0. The van der Waals surface area contributed by atoms with Gasteiger partial charge in [0.15, 0.2) is 11.5 Å². The van der Waals surface area contributed by atoms with Gasteiger partial charge in [0.05, 0.1) is 33.5 Å². The van der Waals surface area contributed by atoms with Gasteiger partial charge in [-0.15, -0.1) is 0 Å². The highest BCUT2D eigenvalue weighted by Crippen LogP contribution is 2.42. The van der Waals surface area contributed by atoms with Crippen LogP contribution in [0.1, 0.15) is 5.56 Å². The van der Waals surface area contributed by atoms with Crippen molar-refractivity contribution in [3.8, 4) is 17.2 Å². The first-order valence-corrected chi connectivity index (χ1v) is 7.20. The Labute approximate surface area is 134 Å². The van der Waals surface area contributed by atoms with Crippen LogP contribution in [-0.4, -0.2) is 56.5 Å². The van der Waals surface area contributed by atoms with Gasteiger partial charge in [0.2, 0.25) is 5.75 Å². The third-order valence-corrected chi connectivity index (χ3v) is 3.65. The van der Waals surface area contributed by atoms with E-state index in [9.17, 15) is 4.79 Å². The van der Waals surface area contributed by atoms with E-state index in [1.165, 1.54) is 14.2 Å². The van der Waals surface area contributed by atoms with Gasteiger partial charge < -0.3 is 24.3 Å². The summed E-state index contributed by atoms with van der Waals surface area (Å²) in [4.78, 5) is 17.0. The molecule has 0 bridgehead atoms. The summed E-state index contributed by atoms with van der Waals surface area (Å²) in [5, 5.41) is 9.72. The number of likely N-dealkylation sites (N-methyl/N-ethyl adjacent to an activating group) is 1. The van der Waals surface area contributed by atoms with E-state index in [1.54, 1.807) is 19.2 Å². The van der Waals surface area contributed by atoms with Crippen LogP contribution in [0.2, 0.25) is 0 Å². The largest absolute Gasteiger partial charge is 0.493 e. The number of H-pyrrole nitrogens is 1. The molecular formula is C16H22N2O5. The average molecular weight is 322 g/mol. The number of benzene rings is 1. The Kier molecular flexibility index (Phi) is 5.46. The molecule has 0 amide bonds. The second-order valence-corrected chi connectivity index (χ2v) is 5.19.